The molecule has 9 aromatic carbocycles. The van der Waals surface area contributed by atoms with Crippen molar-refractivity contribution in [2.45, 2.75) is 27.2 Å². The number of rotatable bonds is 14. The Kier molecular flexibility index (Phi) is 13.4. The van der Waals surface area contributed by atoms with Gasteiger partial charge in [-0.25, -0.2) is 0 Å². The molecular weight excluding hydrogens is 797 g/mol. The summed E-state index contributed by atoms with van der Waals surface area (Å²) in [5.74, 6) is 0. The van der Waals surface area contributed by atoms with Crippen molar-refractivity contribution in [3.05, 3.63) is 294 Å². The van der Waals surface area contributed by atoms with Crippen LogP contribution in [0.3, 0.4) is 0 Å². The van der Waals surface area contributed by atoms with Crippen LogP contribution in [0.5, 0.6) is 0 Å². The van der Waals surface area contributed by atoms with Crippen molar-refractivity contribution >= 4 is 39.6 Å². The van der Waals surface area contributed by atoms with E-state index in [-0.39, 0.29) is 0 Å². The van der Waals surface area contributed by atoms with Crippen LogP contribution in [0.2, 0.25) is 0 Å². The summed E-state index contributed by atoms with van der Waals surface area (Å²) in [4.78, 5) is 4.61. The average molecular weight is 851 g/mol. The zero-order valence-corrected chi connectivity index (χ0v) is 37.9. The van der Waals surface area contributed by atoms with Gasteiger partial charge in [-0.15, -0.1) is 0 Å². The van der Waals surface area contributed by atoms with Crippen molar-refractivity contribution < 1.29 is 0 Å². The predicted octanol–water partition coefficient (Wildman–Crippen LogP) is 17.8. The molecule has 0 aliphatic rings. The molecule has 0 radical (unpaired) electrons. The molecule has 0 N–H and O–H groups in total. The van der Waals surface area contributed by atoms with Gasteiger partial charge in [0.2, 0.25) is 0 Å². The van der Waals surface area contributed by atoms with E-state index in [1.165, 1.54) is 50.1 Å². The SMILES string of the molecule is C/C=C(\C=C/CC)N(c1ccccc1)c1ccc(-c2ccc(/C(=C(/c3ccccc3)c3ccc(-c4ccc(N(c5ccccc5)c5ccccc5)cc4)cc3)c3ccc(C)cc3)cc2)cc1. The van der Waals surface area contributed by atoms with E-state index in [1.54, 1.807) is 0 Å². The van der Waals surface area contributed by atoms with Crippen molar-refractivity contribution in [1.29, 1.82) is 0 Å². The number of nitrogens with zero attached hydrogens (tertiary/aromatic N) is 2. The highest BCUT2D eigenvalue weighted by molar-refractivity contribution is 6.05. The van der Waals surface area contributed by atoms with Crippen LogP contribution < -0.4 is 9.80 Å². The summed E-state index contributed by atoms with van der Waals surface area (Å²) in [7, 11) is 0. The fraction of sp³-hybridized carbons (Fsp3) is 0.0625. The van der Waals surface area contributed by atoms with Gasteiger partial charge in [0.1, 0.15) is 0 Å². The Morgan fingerprint density at radius 3 is 1.09 bits per heavy atom. The van der Waals surface area contributed by atoms with E-state index in [2.05, 4.69) is 291 Å². The average Bonchev–Trinajstić information content (AvgIpc) is 3.39. The topological polar surface area (TPSA) is 6.48 Å². The Bertz CT molecular complexity index is 3000. The highest BCUT2D eigenvalue weighted by atomic mass is 15.1. The molecule has 0 heterocycles. The molecule has 0 aromatic heterocycles. The standard InChI is InChI=1S/C64H54N2/c1-4-6-21-57(5-2)65(58-22-13-8-14-23-58)61-44-40-51(41-45-61)50-34-38-56(39-35-50)64(54-30-28-48(3)29-31-54)63(53-19-11-7-12-20-53)55-36-32-49(33-37-55)52-42-46-62(47-43-52)66(59-24-15-9-16-25-59)60-26-17-10-18-27-60/h5-47H,4H2,1-3H3/b21-6-,57-5+,64-63-. The van der Waals surface area contributed by atoms with Crippen LogP contribution in [0.15, 0.2) is 267 Å². The van der Waals surface area contributed by atoms with Crippen LogP contribution in [-0.2, 0) is 0 Å². The van der Waals surface area contributed by atoms with Gasteiger partial charge < -0.3 is 9.80 Å². The largest absolute Gasteiger partial charge is 0.311 e. The van der Waals surface area contributed by atoms with Crippen molar-refractivity contribution in [3.63, 3.8) is 0 Å². The molecule has 0 saturated heterocycles. The van der Waals surface area contributed by atoms with E-state index in [0.717, 1.165) is 51.7 Å². The molecule has 0 fully saturated rings. The Balaban J connectivity index is 1.07. The van der Waals surface area contributed by atoms with Gasteiger partial charge in [-0.2, -0.15) is 0 Å². The molecule has 0 spiro atoms. The van der Waals surface area contributed by atoms with E-state index >= 15 is 0 Å². The first kappa shape index (κ1) is 43.1. The highest BCUT2D eigenvalue weighted by Gasteiger charge is 2.18. The lowest BCUT2D eigenvalue weighted by molar-refractivity contribution is 1.17. The van der Waals surface area contributed by atoms with Crippen molar-refractivity contribution in [2.24, 2.45) is 0 Å². The van der Waals surface area contributed by atoms with Crippen LogP contribution in [0, 0.1) is 6.92 Å². The minimum Gasteiger partial charge on any atom is -0.311 e. The zero-order valence-electron chi connectivity index (χ0n) is 37.9. The van der Waals surface area contributed by atoms with E-state index in [9.17, 15) is 0 Å². The van der Waals surface area contributed by atoms with Gasteiger partial charge in [0, 0.05) is 34.1 Å². The monoisotopic (exact) mass is 850 g/mol. The maximum atomic E-state index is 2.32. The Morgan fingerprint density at radius 2 is 0.682 bits per heavy atom. The first-order valence-corrected chi connectivity index (χ1v) is 22.9. The number of anilines is 5. The second kappa shape index (κ2) is 20.5. The number of aryl methyl sites for hydroxylation is 1. The summed E-state index contributed by atoms with van der Waals surface area (Å²) in [5.41, 5.74) is 19.7. The van der Waals surface area contributed by atoms with Crippen molar-refractivity contribution in [1.82, 2.24) is 0 Å². The normalized spacial score (nSPS) is 11.9. The molecule has 0 amide bonds. The van der Waals surface area contributed by atoms with Gasteiger partial charge in [-0.1, -0.05) is 207 Å². The number of benzene rings is 9. The molecule has 0 atom stereocenters. The lowest BCUT2D eigenvalue weighted by Gasteiger charge is -2.26. The summed E-state index contributed by atoms with van der Waals surface area (Å²) in [6.45, 7) is 6.42. The molecule has 0 bridgehead atoms. The molecule has 0 aliphatic heterocycles. The molecule has 2 heteroatoms. The summed E-state index contributed by atoms with van der Waals surface area (Å²) in [6, 6.07) is 87.5. The first-order valence-electron chi connectivity index (χ1n) is 22.9. The van der Waals surface area contributed by atoms with Gasteiger partial charge in [0.25, 0.3) is 0 Å². The number of para-hydroxylation sites is 3. The smallest absolute Gasteiger partial charge is 0.0462 e. The maximum Gasteiger partial charge on any atom is 0.0462 e. The van der Waals surface area contributed by atoms with E-state index in [4.69, 9.17) is 0 Å². The van der Waals surface area contributed by atoms with Crippen LogP contribution in [0.1, 0.15) is 48.1 Å². The number of allylic oxidation sites excluding steroid dienone is 3. The Labute approximate surface area is 391 Å². The van der Waals surface area contributed by atoms with Crippen molar-refractivity contribution in [3.8, 4) is 22.3 Å². The molecule has 66 heavy (non-hydrogen) atoms. The van der Waals surface area contributed by atoms with Crippen molar-refractivity contribution in [2.75, 3.05) is 9.80 Å². The second-order valence-corrected chi connectivity index (χ2v) is 16.4. The third-order valence-electron chi connectivity index (χ3n) is 12.0. The summed E-state index contributed by atoms with van der Waals surface area (Å²) < 4.78 is 0. The van der Waals surface area contributed by atoms with Gasteiger partial charge >= 0.3 is 0 Å². The lowest BCUT2D eigenvalue weighted by atomic mass is 9.84. The van der Waals surface area contributed by atoms with Gasteiger partial charge in [0.15, 0.2) is 0 Å². The third-order valence-corrected chi connectivity index (χ3v) is 12.0. The molecule has 0 aliphatic carbocycles. The van der Waals surface area contributed by atoms with Gasteiger partial charge in [0.05, 0.1) is 0 Å². The third kappa shape index (κ3) is 9.65. The zero-order chi connectivity index (χ0) is 45.1. The summed E-state index contributed by atoms with van der Waals surface area (Å²) in [6.07, 6.45) is 7.58. The summed E-state index contributed by atoms with van der Waals surface area (Å²) in [5, 5.41) is 0. The first-order chi connectivity index (χ1) is 32.6. The fourth-order valence-electron chi connectivity index (χ4n) is 8.66. The van der Waals surface area contributed by atoms with E-state index in [1.807, 2.05) is 0 Å². The van der Waals surface area contributed by atoms with Crippen LogP contribution >= 0.6 is 0 Å². The molecule has 0 saturated carbocycles. The quantitative estimate of drug-likeness (QED) is 0.0794. The lowest BCUT2D eigenvalue weighted by Crippen LogP contribution is -2.14. The van der Waals surface area contributed by atoms with E-state index in [0.29, 0.717) is 0 Å². The number of hydrogen-bond donors (Lipinski definition) is 0. The van der Waals surface area contributed by atoms with Gasteiger partial charge in [-0.05, 0) is 143 Å². The molecule has 9 aromatic rings. The minimum atomic E-state index is 0.981. The predicted molar refractivity (Wildman–Crippen MR) is 283 cm³/mol. The molecule has 0 unspecified atom stereocenters. The summed E-state index contributed by atoms with van der Waals surface area (Å²) >= 11 is 0. The Hall–Kier alpha value is -8.20. The van der Waals surface area contributed by atoms with Crippen LogP contribution in [0.4, 0.5) is 28.4 Å². The molecule has 2 nitrogen and oxygen atoms in total. The van der Waals surface area contributed by atoms with E-state index < -0.39 is 0 Å². The van der Waals surface area contributed by atoms with Crippen LogP contribution in [-0.4, -0.2) is 0 Å². The van der Waals surface area contributed by atoms with Gasteiger partial charge in [-0.3, -0.25) is 0 Å². The second-order valence-electron chi connectivity index (χ2n) is 16.4. The molecule has 320 valence electrons. The maximum absolute atomic E-state index is 2.32. The minimum absolute atomic E-state index is 0.981. The van der Waals surface area contributed by atoms with Crippen LogP contribution in [0.25, 0.3) is 33.4 Å². The molecular formula is C64H54N2. The Morgan fingerprint density at radius 1 is 0.364 bits per heavy atom. The number of hydrogen-bond acceptors (Lipinski definition) is 2. The molecule has 9 rings (SSSR count). The fourth-order valence-corrected chi connectivity index (χ4v) is 8.66. The highest BCUT2D eigenvalue weighted by Crippen LogP contribution is 2.40.